The monoisotopic (exact) mass is 234 g/mol. The van der Waals surface area contributed by atoms with Gasteiger partial charge in [-0.25, -0.2) is 4.79 Å². The molecule has 3 N–H and O–H groups in total. The van der Waals surface area contributed by atoms with Gasteiger partial charge in [0.25, 0.3) is 0 Å². The predicted octanol–water partition coefficient (Wildman–Crippen LogP) is 1.05. The van der Waals surface area contributed by atoms with Crippen molar-refractivity contribution in [3.05, 3.63) is 24.3 Å². The van der Waals surface area contributed by atoms with Crippen LogP contribution in [0, 0.1) is 0 Å². The highest BCUT2D eigenvalue weighted by Crippen LogP contribution is 2.11. The van der Waals surface area contributed by atoms with Crippen LogP contribution in [0.1, 0.15) is 0 Å². The summed E-state index contributed by atoms with van der Waals surface area (Å²) in [6, 6.07) is 7.13. The number of likely N-dealkylation sites (N-methyl/N-ethyl adjacent to an activating group) is 1. The van der Waals surface area contributed by atoms with Crippen LogP contribution in [0.3, 0.4) is 0 Å². The lowest BCUT2D eigenvalue weighted by Crippen LogP contribution is -2.48. The second kappa shape index (κ2) is 5.05. The zero-order valence-corrected chi connectivity index (χ0v) is 10.0. The van der Waals surface area contributed by atoms with Crippen LogP contribution < -0.4 is 11.1 Å². The first-order chi connectivity index (χ1) is 8.15. The first kappa shape index (κ1) is 11.7. The maximum atomic E-state index is 11.9. The average Bonchev–Trinajstić information content (AvgIpc) is 2.33. The van der Waals surface area contributed by atoms with Gasteiger partial charge in [0.1, 0.15) is 0 Å². The summed E-state index contributed by atoms with van der Waals surface area (Å²) in [7, 11) is 2.06. The van der Waals surface area contributed by atoms with E-state index >= 15 is 0 Å². The summed E-state index contributed by atoms with van der Waals surface area (Å²) in [5.41, 5.74) is 7.06. The molecule has 1 saturated heterocycles. The van der Waals surface area contributed by atoms with E-state index in [4.69, 9.17) is 5.73 Å². The summed E-state index contributed by atoms with van der Waals surface area (Å²) < 4.78 is 0. The van der Waals surface area contributed by atoms with E-state index in [1.165, 1.54) is 0 Å². The number of nitrogens with one attached hydrogen (secondary N) is 1. The minimum absolute atomic E-state index is 0.0390. The molecule has 0 spiro atoms. The van der Waals surface area contributed by atoms with Gasteiger partial charge in [0.05, 0.1) is 0 Å². The summed E-state index contributed by atoms with van der Waals surface area (Å²) in [4.78, 5) is 16.0. The molecule has 1 aliphatic rings. The number of anilines is 2. The Morgan fingerprint density at radius 2 is 1.76 bits per heavy atom. The molecular weight excluding hydrogens is 216 g/mol. The fraction of sp³-hybridized carbons (Fsp3) is 0.417. The second-order valence-electron chi connectivity index (χ2n) is 4.34. The first-order valence-electron chi connectivity index (χ1n) is 5.75. The molecule has 2 amide bonds. The number of hydrogen-bond donors (Lipinski definition) is 2. The number of hydrogen-bond acceptors (Lipinski definition) is 3. The molecule has 0 unspecified atom stereocenters. The number of nitrogen functional groups attached to an aromatic ring is 1. The molecule has 0 radical (unpaired) electrons. The minimum atomic E-state index is -0.0390. The lowest BCUT2D eigenvalue weighted by atomic mass is 10.3. The molecule has 0 atom stereocenters. The molecular formula is C12H18N4O. The van der Waals surface area contributed by atoms with E-state index in [1.807, 2.05) is 17.0 Å². The van der Waals surface area contributed by atoms with Crippen LogP contribution in [0.4, 0.5) is 16.2 Å². The number of urea groups is 1. The maximum Gasteiger partial charge on any atom is 0.321 e. The molecule has 1 aromatic carbocycles. The third-order valence-corrected chi connectivity index (χ3v) is 2.95. The van der Waals surface area contributed by atoms with Gasteiger partial charge >= 0.3 is 6.03 Å². The third kappa shape index (κ3) is 3.10. The van der Waals surface area contributed by atoms with Crippen molar-refractivity contribution in [2.45, 2.75) is 0 Å². The number of benzene rings is 1. The van der Waals surface area contributed by atoms with E-state index in [1.54, 1.807) is 12.1 Å². The molecule has 1 fully saturated rings. The normalized spacial score (nSPS) is 16.9. The number of nitrogens with zero attached hydrogens (tertiary/aromatic N) is 2. The van der Waals surface area contributed by atoms with Crippen molar-refractivity contribution >= 4 is 17.4 Å². The van der Waals surface area contributed by atoms with E-state index in [-0.39, 0.29) is 6.03 Å². The average molecular weight is 234 g/mol. The molecule has 5 nitrogen and oxygen atoms in total. The highest BCUT2D eigenvalue weighted by atomic mass is 16.2. The fourth-order valence-electron chi connectivity index (χ4n) is 1.78. The van der Waals surface area contributed by atoms with Gasteiger partial charge in [0, 0.05) is 37.6 Å². The molecule has 0 bridgehead atoms. The molecule has 92 valence electrons. The van der Waals surface area contributed by atoms with Crippen molar-refractivity contribution in [2.75, 3.05) is 44.3 Å². The molecule has 1 aliphatic heterocycles. The van der Waals surface area contributed by atoms with Crippen molar-refractivity contribution in [1.82, 2.24) is 9.80 Å². The summed E-state index contributed by atoms with van der Waals surface area (Å²) in [6.45, 7) is 3.40. The zero-order chi connectivity index (χ0) is 12.3. The molecule has 0 aliphatic carbocycles. The van der Waals surface area contributed by atoms with Crippen LogP contribution in [-0.4, -0.2) is 49.1 Å². The number of rotatable bonds is 1. The van der Waals surface area contributed by atoms with Crippen molar-refractivity contribution in [3.63, 3.8) is 0 Å². The molecule has 17 heavy (non-hydrogen) atoms. The number of carbonyl (C=O) groups is 1. The van der Waals surface area contributed by atoms with Gasteiger partial charge in [-0.3, -0.25) is 0 Å². The van der Waals surface area contributed by atoms with Gasteiger partial charge in [0.2, 0.25) is 0 Å². The number of nitrogens with two attached hydrogens (primary N) is 1. The molecule has 2 rings (SSSR count). The Morgan fingerprint density at radius 1 is 1.18 bits per heavy atom. The lowest BCUT2D eigenvalue weighted by Gasteiger charge is -2.32. The zero-order valence-electron chi connectivity index (χ0n) is 10.0. The second-order valence-corrected chi connectivity index (χ2v) is 4.34. The van der Waals surface area contributed by atoms with Crippen LogP contribution >= 0.6 is 0 Å². The predicted molar refractivity (Wildman–Crippen MR) is 68.9 cm³/mol. The van der Waals surface area contributed by atoms with Crippen molar-refractivity contribution in [2.24, 2.45) is 0 Å². The topological polar surface area (TPSA) is 61.6 Å². The lowest BCUT2D eigenvalue weighted by molar-refractivity contribution is 0.164. The molecule has 0 saturated carbocycles. The smallest absolute Gasteiger partial charge is 0.321 e. The van der Waals surface area contributed by atoms with Crippen molar-refractivity contribution in [1.29, 1.82) is 0 Å². The number of amides is 2. The summed E-state index contributed by atoms with van der Waals surface area (Å²) in [6.07, 6.45) is 0. The Labute approximate surface area is 101 Å². The van der Waals surface area contributed by atoms with Crippen LogP contribution in [0.5, 0.6) is 0 Å². The highest BCUT2D eigenvalue weighted by Gasteiger charge is 2.18. The Hall–Kier alpha value is -1.75. The Balaban J connectivity index is 1.90. The van der Waals surface area contributed by atoms with Gasteiger partial charge in [-0.15, -0.1) is 0 Å². The third-order valence-electron chi connectivity index (χ3n) is 2.95. The van der Waals surface area contributed by atoms with Gasteiger partial charge in [-0.1, -0.05) is 0 Å². The van der Waals surface area contributed by atoms with E-state index in [0.29, 0.717) is 5.69 Å². The Morgan fingerprint density at radius 3 is 2.35 bits per heavy atom. The van der Waals surface area contributed by atoms with Gasteiger partial charge < -0.3 is 20.9 Å². The first-order valence-corrected chi connectivity index (χ1v) is 5.75. The quantitative estimate of drug-likeness (QED) is 0.714. The molecule has 1 aromatic rings. The molecule has 5 heteroatoms. The van der Waals surface area contributed by atoms with Gasteiger partial charge in [-0.2, -0.15) is 0 Å². The van der Waals surface area contributed by atoms with Crippen LogP contribution in [0.15, 0.2) is 24.3 Å². The van der Waals surface area contributed by atoms with Crippen LogP contribution in [0.25, 0.3) is 0 Å². The molecule has 0 aromatic heterocycles. The number of carbonyl (C=O) groups excluding carboxylic acids is 1. The van der Waals surface area contributed by atoms with Crippen LogP contribution in [-0.2, 0) is 0 Å². The Bertz CT molecular complexity index is 382. The molecule has 1 heterocycles. The van der Waals surface area contributed by atoms with E-state index in [9.17, 15) is 4.79 Å². The Kier molecular flexibility index (Phi) is 3.49. The fourth-order valence-corrected chi connectivity index (χ4v) is 1.78. The highest BCUT2D eigenvalue weighted by molar-refractivity contribution is 5.89. The largest absolute Gasteiger partial charge is 0.399 e. The van der Waals surface area contributed by atoms with E-state index < -0.39 is 0 Å². The van der Waals surface area contributed by atoms with E-state index in [2.05, 4.69) is 17.3 Å². The summed E-state index contributed by atoms with van der Waals surface area (Å²) in [5, 5.41) is 2.87. The van der Waals surface area contributed by atoms with Gasteiger partial charge in [0.15, 0.2) is 0 Å². The van der Waals surface area contributed by atoms with Crippen LogP contribution in [0.2, 0.25) is 0 Å². The van der Waals surface area contributed by atoms with Crippen molar-refractivity contribution < 1.29 is 4.79 Å². The SMILES string of the molecule is CN1CCN(C(=O)Nc2ccc(N)cc2)CC1. The van der Waals surface area contributed by atoms with Crippen molar-refractivity contribution in [3.8, 4) is 0 Å². The number of piperazine rings is 1. The van der Waals surface area contributed by atoms with E-state index in [0.717, 1.165) is 31.9 Å². The summed E-state index contributed by atoms with van der Waals surface area (Å²) in [5.74, 6) is 0. The summed E-state index contributed by atoms with van der Waals surface area (Å²) >= 11 is 0. The van der Waals surface area contributed by atoms with Gasteiger partial charge in [-0.05, 0) is 31.3 Å². The standard InChI is InChI=1S/C12H18N4O/c1-15-6-8-16(9-7-15)12(17)14-11-4-2-10(13)3-5-11/h2-5H,6-9,13H2,1H3,(H,14,17). The minimum Gasteiger partial charge on any atom is -0.399 e. The maximum absolute atomic E-state index is 11.9.